The number of benzene rings is 2. The van der Waals surface area contributed by atoms with Crippen molar-refractivity contribution < 1.29 is 9.18 Å². The number of urea groups is 1. The minimum atomic E-state index is -0.235. The maximum atomic E-state index is 13.5. The number of carbonyl (C=O) groups is 1. The van der Waals surface area contributed by atoms with E-state index in [1.54, 1.807) is 12.1 Å². The third-order valence-corrected chi connectivity index (χ3v) is 4.87. The highest BCUT2D eigenvalue weighted by Crippen LogP contribution is 2.13. The van der Waals surface area contributed by atoms with Crippen LogP contribution in [0.5, 0.6) is 0 Å². The van der Waals surface area contributed by atoms with Gasteiger partial charge < -0.3 is 14.8 Å². The summed E-state index contributed by atoms with van der Waals surface area (Å²) in [5.74, 6) is -0.235. The van der Waals surface area contributed by atoms with Crippen LogP contribution in [0.4, 0.5) is 9.18 Å². The van der Waals surface area contributed by atoms with Gasteiger partial charge in [0, 0.05) is 31.5 Å². The molecule has 4 nitrogen and oxygen atoms in total. The third kappa shape index (κ3) is 6.21. The van der Waals surface area contributed by atoms with Gasteiger partial charge in [-0.25, -0.2) is 9.18 Å². The molecule has 0 saturated heterocycles. The average Bonchev–Trinajstić information content (AvgIpc) is 3.16. The predicted octanol–water partition coefficient (Wildman–Crippen LogP) is 5.19. The molecule has 0 aliphatic rings. The second kappa shape index (κ2) is 10.5. The summed E-state index contributed by atoms with van der Waals surface area (Å²) >= 11 is 0. The van der Waals surface area contributed by atoms with E-state index in [9.17, 15) is 9.18 Å². The molecule has 2 aromatic carbocycles. The molecule has 0 aliphatic heterocycles. The standard InChI is InChI=1S/C24H28FN3O/c1-2-3-14-28(24(29)26-17-20-9-5-4-6-10-20)19-23-13-8-15-27(23)18-21-11-7-12-22(25)16-21/h4-13,15-16H,2-3,14,17-19H2,1H3,(H,26,29). The van der Waals surface area contributed by atoms with Crippen LogP contribution < -0.4 is 5.32 Å². The smallest absolute Gasteiger partial charge is 0.318 e. The lowest BCUT2D eigenvalue weighted by Gasteiger charge is -2.24. The molecule has 0 atom stereocenters. The molecule has 29 heavy (non-hydrogen) atoms. The normalized spacial score (nSPS) is 10.7. The number of hydrogen-bond acceptors (Lipinski definition) is 1. The molecule has 0 fully saturated rings. The van der Waals surface area contributed by atoms with Gasteiger partial charge in [0.25, 0.3) is 0 Å². The van der Waals surface area contributed by atoms with Gasteiger partial charge >= 0.3 is 6.03 Å². The molecule has 2 amide bonds. The number of hydrogen-bond donors (Lipinski definition) is 1. The fraction of sp³-hybridized carbons (Fsp3) is 0.292. The first-order chi connectivity index (χ1) is 14.2. The van der Waals surface area contributed by atoms with E-state index in [1.807, 2.05) is 59.6 Å². The molecular weight excluding hydrogens is 365 g/mol. The maximum absolute atomic E-state index is 13.5. The van der Waals surface area contributed by atoms with E-state index in [-0.39, 0.29) is 11.8 Å². The van der Waals surface area contributed by atoms with Crippen molar-refractivity contribution in [1.29, 1.82) is 0 Å². The molecule has 3 rings (SSSR count). The number of nitrogens with zero attached hydrogens (tertiary/aromatic N) is 2. The first-order valence-electron chi connectivity index (χ1n) is 10.1. The Bertz CT molecular complexity index is 907. The Hall–Kier alpha value is -3.08. The summed E-state index contributed by atoms with van der Waals surface area (Å²) in [6.45, 7) is 4.41. The Kier molecular flexibility index (Phi) is 7.45. The predicted molar refractivity (Wildman–Crippen MR) is 114 cm³/mol. The van der Waals surface area contributed by atoms with Gasteiger partial charge in [-0.05, 0) is 41.8 Å². The molecule has 0 saturated carbocycles. The Balaban J connectivity index is 1.66. The van der Waals surface area contributed by atoms with Crippen LogP contribution in [0.25, 0.3) is 0 Å². The highest BCUT2D eigenvalue weighted by atomic mass is 19.1. The number of aromatic nitrogens is 1. The lowest BCUT2D eigenvalue weighted by Crippen LogP contribution is -2.40. The molecule has 0 spiro atoms. The molecular formula is C24H28FN3O. The van der Waals surface area contributed by atoms with Crippen LogP contribution in [0.2, 0.25) is 0 Å². The van der Waals surface area contributed by atoms with Crippen LogP contribution in [-0.4, -0.2) is 22.0 Å². The van der Waals surface area contributed by atoms with Crippen molar-refractivity contribution in [2.24, 2.45) is 0 Å². The summed E-state index contributed by atoms with van der Waals surface area (Å²) < 4.78 is 15.6. The molecule has 1 aromatic heterocycles. The van der Waals surface area contributed by atoms with Gasteiger partial charge in [-0.1, -0.05) is 55.8 Å². The summed E-state index contributed by atoms with van der Waals surface area (Å²) in [4.78, 5) is 14.7. The Morgan fingerprint density at radius 1 is 1.03 bits per heavy atom. The molecule has 0 unspecified atom stereocenters. The van der Waals surface area contributed by atoms with Crippen molar-refractivity contribution >= 4 is 6.03 Å². The summed E-state index contributed by atoms with van der Waals surface area (Å²) in [7, 11) is 0. The monoisotopic (exact) mass is 393 g/mol. The maximum Gasteiger partial charge on any atom is 0.318 e. The minimum absolute atomic E-state index is 0.0687. The second-order valence-corrected chi connectivity index (χ2v) is 7.18. The van der Waals surface area contributed by atoms with Gasteiger partial charge in [0.15, 0.2) is 0 Å². The Morgan fingerprint density at radius 3 is 2.59 bits per heavy atom. The van der Waals surface area contributed by atoms with Gasteiger partial charge in [0.05, 0.1) is 6.54 Å². The molecule has 0 aliphatic carbocycles. The van der Waals surface area contributed by atoms with E-state index in [0.29, 0.717) is 26.2 Å². The Morgan fingerprint density at radius 2 is 1.83 bits per heavy atom. The van der Waals surface area contributed by atoms with Crippen molar-refractivity contribution in [1.82, 2.24) is 14.8 Å². The fourth-order valence-corrected chi connectivity index (χ4v) is 3.26. The lowest BCUT2D eigenvalue weighted by atomic mass is 10.2. The number of carbonyl (C=O) groups excluding carboxylic acids is 1. The van der Waals surface area contributed by atoms with Crippen molar-refractivity contribution in [2.45, 2.75) is 39.4 Å². The SMILES string of the molecule is CCCCN(Cc1cccn1Cc1cccc(F)c1)C(=O)NCc1ccccc1. The van der Waals surface area contributed by atoms with Crippen LogP contribution in [0.15, 0.2) is 72.9 Å². The minimum Gasteiger partial charge on any atom is -0.345 e. The van der Waals surface area contributed by atoms with Crippen molar-refractivity contribution in [3.05, 3.63) is 95.6 Å². The van der Waals surface area contributed by atoms with Gasteiger partial charge in [0.2, 0.25) is 0 Å². The topological polar surface area (TPSA) is 37.3 Å². The molecule has 3 aromatic rings. The zero-order valence-electron chi connectivity index (χ0n) is 16.9. The molecule has 0 bridgehead atoms. The van der Waals surface area contributed by atoms with Crippen LogP contribution in [0.3, 0.4) is 0 Å². The number of halogens is 1. The Labute approximate surface area is 172 Å². The highest BCUT2D eigenvalue weighted by molar-refractivity contribution is 5.74. The quantitative estimate of drug-likeness (QED) is 0.534. The molecule has 1 heterocycles. The van der Waals surface area contributed by atoms with Crippen LogP contribution in [0, 0.1) is 5.82 Å². The third-order valence-electron chi connectivity index (χ3n) is 4.87. The summed E-state index contributed by atoms with van der Waals surface area (Å²) in [5, 5.41) is 3.03. The zero-order valence-corrected chi connectivity index (χ0v) is 16.9. The van der Waals surface area contributed by atoms with Crippen LogP contribution >= 0.6 is 0 Å². The fourth-order valence-electron chi connectivity index (χ4n) is 3.26. The molecule has 1 N–H and O–H groups in total. The summed E-state index contributed by atoms with van der Waals surface area (Å²) in [6.07, 6.45) is 3.94. The number of rotatable bonds is 9. The van der Waals surface area contributed by atoms with Gasteiger partial charge in [-0.15, -0.1) is 0 Å². The number of amides is 2. The van der Waals surface area contributed by atoms with Crippen molar-refractivity contribution in [2.75, 3.05) is 6.54 Å². The van der Waals surface area contributed by atoms with E-state index in [4.69, 9.17) is 0 Å². The van der Waals surface area contributed by atoms with Gasteiger partial charge in [-0.3, -0.25) is 0 Å². The second-order valence-electron chi connectivity index (χ2n) is 7.18. The first-order valence-corrected chi connectivity index (χ1v) is 10.1. The van der Waals surface area contributed by atoms with Gasteiger partial charge in [0.1, 0.15) is 5.82 Å². The van der Waals surface area contributed by atoms with E-state index in [0.717, 1.165) is 29.7 Å². The summed E-state index contributed by atoms with van der Waals surface area (Å²) in [6, 6.07) is 20.4. The first kappa shape index (κ1) is 20.6. The average molecular weight is 394 g/mol. The van der Waals surface area contributed by atoms with Crippen molar-refractivity contribution in [3.63, 3.8) is 0 Å². The molecule has 152 valence electrons. The summed E-state index contributed by atoms with van der Waals surface area (Å²) in [5.41, 5.74) is 3.00. The van der Waals surface area contributed by atoms with E-state index in [2.05, 4.69) is 16.8 Å². The lowest BCUT2D eigenvalue weighted by molar-refractivity contribution is 0.192. The van der Waals surface area contributed by atoms with Gasteiger partial charge in [-0.2, -0.15) is 0 Å². The van der Waals surface area contributed by atoms with E-state index < -0.39 is 0 Å². The zero-order chi connectivity index (χ0) is 20.5. The molecule has 5 heteroatoms. The van der Waals surface area contributed by atoms with Crippen LogP contribution in [-0.2, 0) is 19.6 Å². The van der Waals surface area contributed by atoms with Crippen LogP contribution in [0.1, 0.15) is 36.6 Å². The number of unbranched alkanes of at least 4 members (excludes halogenated alkanes) is 1. The highest BCUT2D eigenvalue weighted by Gasteiger charge is 2.15. The van der Waals surface area contributed by atoms with E-state index in [1.165, 1.54) is 6.07 Å². The van der Waals surface area contributed by atoms with E-state index >= 15 is 0 Å². The van der Waals surface area contributed by atoms with Crippen molar-refractivity contribution in [3.8, 4) is 0 Å². The number of nitrogens with one attached hydrogen (secondary N) is 1. The largest absolute Gasteiger partial charge is 0.345 e. The molecule has 0 radical (unpaired) electrons.